The summed E-state index contributed by atoms with van der Waals surface area (Å²) in [7, 11) is 1.59. The molecule has 3 heteroatoms. The summed E-state index contributed by atoms with van der Waals surface area (Å²) in [6, 6.07) is 5.58. The van der Waals surface area contributed by atoms with Crippen molar-refractivity contribution in [2.24, 2.45) is 0 Å². The Morgan fingerprint density at radius 3 is 2.58 bits per heavy atom. The maximum Gasteiger partial charge on any atom is 0.125 e. The molecule has 0 saturated heterocycles. The molecule has 0 saturated carbocycles. The van der Waals surface area contributed by atoms with Gasteiger partial charge in [-0.3, -0.25) is 0 Å². The topological polar surface area (TPSA) is 29.5 Å². The second kappa shape index (κ2) is 3.92. The SMILES string of the molecule is COc1cccc(Br)c1[C@H](C)O. The maximum absolute atomic E-state index is 9.41. The van der Waals surface area contributed by atoms with Crippen molar-refractivity contribution in [2.45, 2.75) is 13.0 Å². The number of ether oxygens (including phenoxy) is 1. The van der Waals surface area contributed by atoms with E-state index in [0.29, 0.717) is 5.75 Å². The smallest absolute Gasteiger partial charge is 0.125 e. The standard InChI is InChI=1S/C9H11BrO2/c1-6(11)9-7(10)4-3-5-8(9)12-2/h3-6,11H,1-2H3/t6-/m0/s1. The van der Waals surface area contributed by atoms with Crippen LogP contribution in [0, 0.1) is 0 Å². The minimum Gasteiger partial charge on any atom is -0.496 e. The summed E-state index contributed by atoms with van der Waals surface area (Å²) in [6.45, 7) is 1.71. The Kier molecular flexibility index (Phi) is 3.12. The first-order chi connectivity index (χ1) is 5.66. The quantitative estimate of drug-likeness (QED) is 0.847. The maximum atomic E-state index is 9.41. The molecule has 12 heavy (non-hydrogen) atoms. The van der Waals surface area contributed by atoms with Crippen LogP contribution in [0.4, 0.5) is 0 Å². The lowest BCUT2D eigenvalue weighted by atomic mass is 10.1. The number of aliphatic hydroxyl groups excluding tert-OH is 1. The van der Waals surface area contributed by atoms with E-state index in [-0.39, 0.29) is 0 Å². The Balaban J connectivity index is 3.20. The van der Waals surface area contributed by atoms with Gasteiger partial charge in [0.1, 0.15) is 5.75 Å². The van der Waals surface area contributed by atoms with Crippen molar-refractivity contribution in [1.29, 1.82) is 0 Å². The molecule has 0 radical (unpaired) electrons. The predicted molar refractivity (Wildman–Crippen MR) is 51.3 cm³/mol. The van der Waals surface area contributed by atoms with Crippen molar-refractivity contribution in [3.05, 3.63) is 28.2 Å². The zero-order chi connectivity index (χ0) is 9.14. The van der Waals surface area contributed by atoms with Crippen LogP contribution in [0.5, 0.6) is 5.75 Å². The van der Waals surface area contributed by atoms with Crippen LogP contribution in [0.25, 0.3) is 0 Å². The number of hydrogen-bond donors (Lipinski definition) is 1. The van der Waals surface area contributed by atoms with Crippen molar-refractivity contribution in [1.82, 2.24) is 0 Å². The zero-order valence-electron chi connectivity index (χ0n) is 7.04. The molecule has 1 atom stereocenters. The number of aliphatic hydroxyl groups is 1. The summed E-state index contributed by atoms with van der Waals surface area (Å²) in [5.41, 5.74) is 0.792. The van der Waals surface area contributed by atoms with Crippen LogP contribution >= 0.6 is 15.9 Å². The van der Waals surface area contributed by atoms with Crippen LogP contribution in [-0.2, 0) is 0 Å². The average Bonchev–Trinajstić information content (AvgIpc) is 2.03. The lowest BCUT2D eigenvalue weighted by Crippen LogP contribution is -1.97. The molecule has 0 unspecified atom stereocenters. The monoisotopic (exact) mass is 230 g/mol. The van der Waals surface area contributed by atoms with Gasteiger partial charge in [-0.05, 0) is 19.1 Å². The van der Waals surface area contributed by atoms with Crippen LogP contribution < -0.4 is 4.74 Å². The van der Waals surface area contributed by atoms with E-state index in [0.717, 1.165) is 10.0 Å². The van der Waals surface area contributed by atoms with Crippen LogP contribution in [0.15, 0.2) is 22.7 Å². The highest BCUT2D eigenvalue weighted by molar-refractivity contribution is 9.10. The van der Waals surface area contributed by atoms with Crippen molar-refractivity contribution < 1.29 is 9.84 Å². The molecule has 0 amide bonds. The van der Waals surface area contributed by atoms with Crippen molar-refractivity contribution in [2.75, 3.05) is 7.11 Å². The van der Waals surface area contributed by atoms with Gasteiger partial charge in [0.05, 0.1) is 13.2 Å². The van der Waals surface area contributed by atoms with E-state index in [1.165, 1.54) is 0 Å². The fourth-order valence-corrected chi connectivity index (χ4v) is 1.78. The van der Waals surface area contributed by atoms with E-state index in [2.05, 4.69) is 15.9 Å². The molecule has 0 spiro atoms. The molecule has 0 heterocycles. The number of benzene rings is 1. The molecular formula is C9H11BrO2. The van der Waals surface area contributed by atoms with Gasteiger partial charge in [0, 0.05) is 10.0 Å². The van der Waals surface area contributed by atoms with Gasteiger partial charge in [-0.1, -0.05) is 22.0 Å². The second-order valence-electron chi connectivity index (χ2n) is 2.53. The third-order valence-electron chi connectivity index (χ3n) is 1.65. The largest absolute Gasteiger partial charge is 0.496 e. The Bertz CT molecular complexity index is 271. The molecule has 0 aromatic heterocycles. The Labute approximate surface area is 80.3 Å². The van der Waals surface area contributed by atoms with E-state index in [9.17, 15) is 5.11 Å². The van der Waals surface area contributed by atoms with E-state index in [1.807, 2.05) is 18.2 Å². The molecule has 2 nitrogen and oxygen atoms in total. The third kappa shape index (κ3) is 1.79. The van der Waals surface area contributed by atoms with Crippen molar-refractivity contribution in [3.8, 4) is 5.75 Å². The first kappa shape index (κ1) is 9.55. The van der Waals surface area contributed by atoms with Gasteiger partial charge >= 0.3 is 0 Å². The highest BCUT2D eigenvalue weighted by atomic mass is 79.9. The first-order valence-electron chi connectivity index (χ1n) is 3.67. The second-order valence-corrected chi connectivity index (χ2v) is 3.39. The number of hydrogen-bond acceptors (Lipinski definition) is 2. The molecule has 66 valence electrons. The molecule has 0 bridgehead atoms. The minimum atomic E-state index is -0.518. The number of halogens is 1. The molecular weight excluding hydrogens is 220 g/mol. The van der Waals surface area contributed by atoms with Gasteiger partial charge in [-0.25, -0.2) is 0 Å². The van der Waals surface area contributed by atoms with Crippen LogP contribution in [0.3, 0.4) is 0 Å². The third-order valence-corrected chi connectivity index (χ3v) is 2.34. The summed E-state index contributed by atoms with van der Waals surface area (Å²) < 4.78 is 5.97. The molecule has 1 N–H and O–H groups in total. The summed E-state index contributed by atoms with van der Waals surface area (Å²) >= 11 is 3.35. The van der Waals surface area contributed by atoms with Gasteiger partial charge in [-0.15, -0.1) is 0 Å². The fourth-order valence-electron chi connectivity index (χ4n) is 1.10. The lowest BCUT2D eigenvalue weighted by Gasteiger charge is -2.12. The molecule has 0 aliphatic heterocycles. The Morgan fingerprint density at radius 2 is 2.17 bits per heavy atom. The molecule has 0 aliphatic carbocycles. The highest BCUT2D eigenvalue weighted by Gasteiger charge is 2.11. The van der Waals surface area contributed by atoms with Gasteiger partial charge in [0.2, 0.25) is 0 Å². The van der Waals surface area contributed by atoms with Crippen LogP contribution in [-0.4, -0.2) is 12.2 Å². The van der Waals surface area contributed by atoms with Crippen LogP contribution in [0.2, 0.25) is 0 Å². The lowest BCUT2D eigenvalue weighted by molar-refractivity contribution is 0.193. The summed E-state index contributed by atoms with van der Waals surface area (Å²) in [4.78, 5) is 0. The molecule has 0 aliphatic rings. The Hall–Kier alpha value is -0.540. The van der Waals surface area contributed by atoms with Gasteiger partial charge in [0.25, 0.3) is 0 Å². The summed E-state index contributed by atoms with van der Waals surface area (Å²) in [6.07, 6.45) is -0.518. The molecule has 1 aromatic carbocycles. The van der Waals surface area contributed by atoms with Gasteiger partial charge < -0.3 is 9.84 Å². The number of rotatable bonds is 2. The normalized spacial score (nSPS) is 12.7. The Morgan fingerprint density at radius 1 is 1.50 bits per heavy atom. The fraction of sp³-hybridized carbons (Fsp3) is 0.333. The highest BCUT2D eigenvalue weighted by Crippen LogP contribution is 2.31. The zero-order valence-corrected chi connectivity index (χ0v) is 8.63. The van der Waals surface area contributed by atoms with Crippen molar-refractivity contribution >= 4 is 15.9 Å². The van der Waals surface area contributed by atoms with Crippen molar-refractivity contribution in [3.63, 3.8) is 0 Å². The number of methoxy groups -OCH3 is 1. The summed E-state index contributed by atoms with van der Waals surface area (Å²) in [5.74, 6) is 0.708. The molecule has 0 fully saturated rings. The van der Waals surface area contributed by atoms with E-state index in [4.69, 9.17) is 4.74 Å². The minimum absolute atomic E-state index is 0.518. The first-order valence-corrected chi connectivity index (χ1v) is 4.46. The average molecular weight is 231 g/mol. The van der Waals surface area contributed by atoms with E-state index < -0.39 is 6.10 Å². The predicted octanol–water partition coefficient (Wildman–Crippen LogP) is 2.51. The van der Waals surface area contributed by atoms with E-state index >= 15 is 0 Å². The summed E-state index contributed by atoms with van der Waals surface area (Å²) in [5, 5.41) is 9.41. The molecule has 1 rings (SSSR count). The van der Waals surface area contributed by atoms with Gasteiger partial charge in [0.15, 0.2) is 0 Å². The van der Waals surface area contributed by atoms with Gasteiger partial charge in [-0.2, -0.15) is 0 Å². The van der Waals surface area contributed by atoms with Crippen LogP contribution in [0.1, 0.15) is 18.6 Å². The van der Waals surface area contributed by atoms with E-state index in [1.54, 1.807) is 14.0 Å². The molecule has 1 aromatic rings.